The zero-order chi connectivity index (χ0) is 19.1. The summed E-state index contributed by atoms with van der Waals surface area (Å²) in [6.45, 7) is 2.08. The fourth-order valence-corrected chi connectivity index (χ4v) is 2.74. The molecule has 0 aliphatic heterocycles. The van der Waals surface area contributed by atoms with E-state index in [4.69, 9.17) is 28.5 Å². The highest BCUT2D eigenvalue weighted by Gasteiger charge is 2.17. The highest BCUT2D eigenvalue weighted by atomic mass is 35.5. The van der Waals surface area contributed by atoms with Crippen molar-refractivity contribution in [3.63, 3.8) is 0 Å². The molecule has 1 aromatic heterocycles. The number of carbonyl (C=O) groups is 1. The van der Waals surface area contributed by atoms with Gasteiger partial charge in [-0.15, -0.1) is 0 Å². The number of aryl methyl sites for hydroxylation is 2. The van der Waals surface area contributed by atoms with E-state index >= 15 is 0 Å². The molecule has 0 amide bonds. The third-order valence-corrected chi connectivity index (χ3v) is 4.39. The predicted molar refractivity (Wildman–Crippen MR) is 106 cm³/mol. The smallest absolute Gasteiger partial charge is 0.190 e. The van der Waals surface area contributed by atoms with Gasteiger partial charge in [-0.2, -0.15) is 0 Å². The van der Waals surface area contributed by atoms with E-state index in [9.17, 15) is 4.79 Å². The van der Waals surface area contributed by atoms with Gasteiger partial charge < -0.3 is 16.9 Å². The number of Topliss-reactive ketones (excluding diaryl/α,β-unsaturated/α-hetero) is 1. The van der Waals surface area contributed by atoms with E-state index in [0.29, 0.717) is 12.1 Å². The molecular weight excluding hydrogens is 350 g/mol. The van der Waals surface area contributed by atoms with Crippen LogP contribution < -0.4 is 11.5 Å². The molecule has 2 rings (SSSR count). The van der Waals surface area contributed by atoms with E-state index in [1.165, 1.54) is 11.1 Å². The van der Waals surface area contributed by atoms with E-state index in [1.54, 1.807) is 0 Å². The highest BCUT2D eigenvalue weighted by molar-refractivity contribution is 6.31. The standard InChI is InChI=1S/C19H24ClN5O/c1-12-7-9-13(10-8-12)5-3-2-4-6-14(21)11-15(26)16-18(22)25-19(23)17(20)24-16/h7-10,21H,2-6,11H2,1H3,(H4,22,23,25). The maximum absolute atomic E-state index is 12.2. The molecule has 0 saturated heterocycles. The number of anilines is 2. The minimum atomic E-state index is -0.360. The summed E-state index contributed by atoms with van der Waals surface area (Å²) in [6, 6.07) is 8.54. The van der Waals surface area contributed by atoms with Crippen LogP contribution in [0.15, 0.2) is 24.3 Å². The Morgan fingerprint density at radius 3 is 2.46 bits per heavy atom. The molecule has 0 radical (unpaired) electrons. The number of ketones is 1. The number of nitrogens with two attached hydrogens (primary N) is 2. The number of unbranched alkanes of at least 4 members (excludes halogenated alkanes) is 2. The van der Waals surface area contributed by atoms with Gasteiger partial charge in [-0.25, -0.2) is 9.97 Å². The first-order valence-corrected chi connectivity index (χ1v) is 8.98. The van der Waals surface area contributed by atoms with Crippen molar-refractivity contribution in [1.82, 2.24) is 9.97 Å². The third kappa shape index (κ3) is 5.81. The van der Waals surface area contributed by atoms with Crippen LogP contribution in [0.25, 0.3) is 0 Å². The van der Waals surface area contributed by atoms with Gasteiger partial charge in [0.2, 0.25) is 0 Å². The van der Waals surface area contributed by atoms with Crippen molar-refractivity contribution in [1.29, 1.82) is 5.41 Å². The number of nitrogen functional groups attached to an aromatic ring is 2. The molecule has 5 N–H and O–H groups in total. The number of rotatable bonds is 9. The zero-order valence-electron chi connectivity index (χ0n) is 14.9. The van der Waals surface area contributed by atoms with Crippen molar-refractivity contribution < 1.29 is 4.79 Å². The Labute approximate surface area is 158 Å². The van der Waals surface area contributed by atoms with Gasteiger partial charge in [0, 0.05) is 5.71 Å². The molecule has 7 heteroatoms. The molecule has 0 aliphatic carbocycles. The molecule has 2 aromatic rings. The SMILES string of the molecule is Cc1ccc(CCCCCC(=N)CC(=O)c2nc(Cl)c(N)nc2N)cc1. The fraction of sp³-hybridized carbons (Fsp3) is 0.368. The van der Waals surface area contributed by atoms with E-state index < -0.39 is 0 Å². The summed E-state index contributed by atoms with van der Waals surface area (Å²) in [6.07, 6.45) is 4.54. The summed E-state index contributed by atoms with van der Waals surface area (Å²) in [7, 11) is 0. The first-order valence-electron chi connectivity index (χ1n) is 8.60. The van der Waals surface area contributed by atoms with Crippen LogP contribution in [0.2, 0.25) is 5.15 Å². The summed E-state index contributed by atoms with van der Waals surface area (Å²) in [5.41, 5.74) is 14.1. The Morgan fingerprint density at radius 1 is 1.08 bits per heavy atom. The molecule has 6 nitrogen and oxygen atoms in total. The van der Waals surface area contributed by atoms with Crippen molar-refractivity contribution >= 4 is 34.7 Å². The molecule has 0 unspecified atom stereocenters. The Bertz CT molecular complexity index is 789. The van der Waals surface area contributed by atoms with Crippen LogP contribution >= 0.6 is 11.6 Å². The van der Waals surface area contributed by atoms with Gasteiger partial charge >= 0.3 is 0 Å². The summed E-state index contributed by atoms with van der Waals surface area (Å²) < 4.78 is 0. The van der Waals surface area contributed by atoms with Crippen molar-refractivity contribution in [2.75, 3.05) is 11.5 Å². The molecule has 0 atom stereocenters. The maximum atomic E-state index is 12.2. The normalized spacial score (nSPS) is 10.7. The number of nitrogens with zero attached hydrogens (tertiary/aromatic N) is 2. The van der Waals surface area contributed by atoms with Crippen LogP contribution in [-0.2, 0) is 6.42 Å². The van der Waals surface area contributed by atoms with Crippen LogP contribution in [0.4, 0.5) is 11.6 Å². The van der Waals surface area contributed by atoms with Crippen molar-refractivity contribution in [2.24, 2.45) is 0 Å². The second-order valence-electron chi connectivity index (χ2n) is 6.38. The molecule has 1 heterocycles. The lowest BCUT2D eigenvalue weighted by atomic mass is 10.0. The van der Waals surface area contributed by atoms with E-state index in [-0.39, 0.29) is 34.7 Å². The average molecular weight is 374 g/mol. The van der Waals surface area contributed by atoms with Gasteiger partial charge in [0.15, 0.2) is 28.3 Å². The Balaban J connectivity index is 1.72. The van der Waals surface area contributed by atoms with E-state index in [1.807, 2.05) is 0 Å². The largest absolute Gasteiger partial charge is 0.382 e. The molecule has 0 saturated carbocycles. The highest BCUT2D eigenvalue weighted by Crippen LogP contribution is 2.19. The Morgan fingerprint density at radius 2 is 1.77 bits per heavy atom. The molecule has 138 valence electrons. The zero-order valence-corrected chi connectivity index (χ0v) is 15.6. The molecule has 0 aliphatic rings. The topological polar surface area (TPSA) is 119 Å². The van der Waals surface area contributed by atoms with E-state index in [0.717, 1.165) is 25.7 Å². The minimum Gasteiger partial charge on any atom is -0.382 e. The fourth-order valence-electron chi connectivity index (χ4n) is 2.61. The second-order valence-corrected chi connectivity index (χ2v) is 6.74. The van der Waals surface area contributed by atoms with Crippen LogP contribution in [0.5, 0.6) is 0 Å². The molecule has 0 spiro atoms. The summed E-state index contributed by atoms with van der Waals surface area (Å²) in [5.74, 6) is -0.422. The van der Waals surface area contributed by atoms with Gasteiger partial charge in [0.25, 0.3) is 0 Å². The van der Waals surface area contributed by atoms with Crippen molar-refractivity contribution in [2.45, 2.75) is 45.4 Å². The van der Waals surface area contributed by atoms with Crippen LogP contribution in [-0.4, -0.2) is 21.5 Å². The molecular formula is C19H24ClN5O. The number of hydrogen-bond acceptors (Lipinski definition) is 6. The van der Waals surface area contributed by atoms with Gasteiger partial charge in [-0.05, 0) is 38.2 Å². The number of benzene rings is 1. The lowest BCUT2D eigenvalue weighted by Crippen LogP contribution is -2.14. The molecule has 26 heavy (non-hydrogen) atoms. The van der Waals surface area contributed by atoms with Crippen LogP contribution in [0.1, 0.15) is 53.7 Å². The summed E-state index contributed by atoms with van der Waals surface area (Å²) in [4.78, 5) is 19.9. The average Bonchev–Trinajstić information content (AvgIpc) is 2.59. The van der Waals surface area contributed by atoms with Gasteiger partial charge in [0.1, 0.15) is 0 Å². The number of carbonyl (C=O) groups excluding carboxylic acids is 1. The number of nitrogens with one attached hydrogen (secondary N) is 1. The lowest BCUT2D eigenvalue weighted by molar-refractivity contribution is 0.0996. The second kappa shape index (κ2) is 9.29. The maximum Gasteiger partial charge on any atom is 0.190 e. The predicted octanol–water partition coefficient (Wildman–Crippen LogP) is 4.00. The first-order chi connectivity index (χ1) is 12.4. The van der Waals surface area contributed by atoms with E-state index in [2.05, 4.69) is 41.2 Å². The minimum absolute atomic E-state index is 0.00984. The third-order valence-electron chi connectivity index (χ3n) is 4.11. The molecule has 1 aromatic carbocycles. The number of hydrogen-bond donors (Lipinski definition) is 3. The van der Waals surface area contributed by atoms with Crippen molar-refractivity contribution in [3.8, 4) is 0 Å². The Hall–Kier alpha value is -2.47. The van der Waals surface area contributed by atoms with Crippen LogP contribution in [0, 0.1) is 12.3 Å². The van der Waals surface area contributed by atoms with Crippen molar-refractivity contribution in [3.05, 3.63) is 46.2 Å². The number of aromatic nitrogens is 2. The lowest BCUT2D eigenvalue weighted by Gasteiger charge is -2.07. The number of halogens is 1. The van der Waals surface area contributed by atoms with Crippen LogP contribution in [0.3, 0.4) is 0 Å². The summed E-state index contributed by atoms with van der Waals surface area (Å²) in [5, 5.41) is 7.94. The van der Waals surface area contributed by atoms with Gasteiger partial charge in [-0.3, -0.25) is 4.79 Å². The van der Waals surface area contributed by atoms with Gasteiger partial charge in [0.05, 0.1) is 6.42 Å². The first kappa shape index (κ1) is 19.8. The summed E-state index contributed by atoms with van der Waals surface area (Å²) >= 11 is 5.78. The molecule has 0 bridgehead atoms. The Kier molecular flexibility index (Phi) is 7.09. The molecule has 0 fully saturated rings. The van der Waals surface area contributed by atoms with Gasteiger partial charge in [-0.1, -0.05) is 47.9 Å². The quantitative estimate of drug-likeness (QED) is 0.348. The monoisotopic (exact) mass is 373 g/mol.